The minimum absolute atomic E-state index is 0.0580. The number of hydrogen-bond donors (Lipinski definition) is 14. The summed E-state index contributed by atoms with van der Waals surface area (Å²) in [5, 5.41) is 135. The number of anilines is 1. The van der Waals surface area contributed by atoms with E-state index in [0.717, 1.165) is 70.9 Å². The highest BCUT2D eigenvalue weighted by Crippen LogP contribution is 2.23. The number of carboxylic acid groups (broad SMARTS) is 1. The fourth-order valence-electron chi connectivity index (χ4n) is 7.88. The third-order valence-corrected chi connectivity index (χ3v) is 12.1. The molecule has 0 heterocycles. The number of fused-ring (bicyclic) bond motifs is 1. The van der Waals surface area contributed by atoms with Gasteiger partial charge in [-0.25, -0.2) is 19.2 Å². The van der Waals surface area contributed by atoms with Crippen molar-refractivity contribution in [1.82, 2.24) is 5.32 Å². The molecule has 8 aromatic carbocycles. The van der Waals surface area contributed by atoms with Crippen molar-refractivity contribution in [2.45, 2.75) is 26.0 Å². The van der Waals surface area contributed by atoms with Crippen molar-refractivity contribution in [3.05, 3.63) is 223 Å². The van der Waals surface area contributed by atoms with Crippen LogP contribution in [0.3, 0.4) is 0 Å². The predicted octanol–water partition coefficient (Wildman–Crippen LogP) is -1.42. The number of hydrogen-bond acceptors (Lipinski definition) is 24. The second kappa shape index (κ2) is 33.0. The Hall–Kier alpha value is -10.3. The molecule has 89 heavy (non-hydrogen) atoms. The van der Waals surface area contributed by atoms with Gasteiger partial charge in [0, 0.05) is 41.9 Å². The van der Waals surface area contributed by atoms with Crippen LogP contribution in [-0.2, 0) is 27.3 Å². The number of nitro benzene ring substituents is 2. The number of phenols is 1. The van der Waals surface area contributed by atoms with E-state index in [1.807, 2.05) is 30.3 Å². The smallest absolute Gasteiger partial charge is 0.488 e. The number of esters is 3. The van der Waals surface area contributed by atoms with Crippen molar-refractivity contribution < 1.29 is 108 Å². The third kappa shape index (κ3) is 21.6. The minimum Gasteiger partial charge on any atom is -0.508 e. The van der Waals surface area contributed by atoms with Crippen LogP contribution >= 0.6 is 0 Å². The van der Waals surface area contributed by atoms with Gasteiger partial charge in [0.25, 0.3) is 17.3 Å². The molecule has 0 aliphatic heterocycles. The summed E-state index contributed by atoms with van der Waals surface area (Å²) in [4.78, 5) is 80.1. The highest BCUT2D eigenvalue weighted by Gasteiger charge is 2.27. The monoisotopic (exact) mass is 1220 g/mol. The molecule has 28 nitrogen and oxygen atoms in total. The van der Waals surface area contributed by atoms with Crippen LogP contribution in [0.1, 0.15) is 59.5 Å². The zero-order valence-electron chi connectivity index (χ0n) is 46.5. The van der Waals surface area contributed by atoms with E-state index >= 15 is 0 Å². The van der Waals surface area contributed by atoms with Gasteiger partial charge in [-0.05, 0) is 117 Å². The Kier molecular flexibility index (Phi) is 25.8. The number of carbonyl (C=O) groups is 5. The van der Waals surface area contributed by atoms with Crippen LogP contribution in [0.2, 0.25) is 0 Å². The van der Waals surface area contributed by atoms with Crippen LogP contribution in [0.5, 0.6) is 11.5 Å². The standard InChI is InChI=1S/C18H19BN2O7.C17H12BNO6.C14H15B2NO6.C7H7BO5/c1-2-28-18(23)16(8-12-6-4-3-5-7-12)20-17(22)13-9-14(19(24)25)11-15(10-13)21(26)27;20-17(13-7-14(18(21)22)10-15(8-13)19(23)24)25-16-6-5-11-3-1-2-4-12(11)9-16;17-13-6-10(5-12(7-13)16(21)22)14(18)23-8-9-2-1-3-11(4-9)15(19)20;9-6-2-4(7(10)11)1-5(3-6)8(12)13/h3-7,9-11,16,24-25H,2,8H2,1H3,(H,20,22);1-10,21-22H;1-7,19-22H,8,17H2;1-3,9,12-13H,(H,10,11)/t16-;;;/m0.../s1. The molecular formula is C56H53B5N4O24. The molecule has 456 valence electrons. The first-order chi connectivity index (χ1) is 42.1. The molecule has 0 aliphatic rings. The van der Waals surface area contributed by atoms with E-state index in [1.165, 1.54) is 30.3 Å². The number of amides is 1. The zero-order valence-corrected chi connectivity index (χ0v) is 46.5. The number of non-ortho nitro benzene ring substituents is 2. The van der Waals surface area contributed by atoms with Gasteiger partial charge in [-0.15, -0.1) is 0 Å². The van der Waals surface area contributed by atoms with Gasteiger partial charge in [-0.3, -0.25) is 25.0 Å². The normalized spacial score (nSPS) is 10.6. The number of phenolic OH excluding ortho intramolecular Hbond substituents is 1. The van der Waals surface area contributed by atoms with Crippen molar-refractivity contribution in [3.8, 4) is 11.5 Å². The van der Waals surface area contributed by atoms with Crippen molar-refractivity contribution >= 4 is 121 Å². The third-order valence-electron chi connectivity index (χ3n) is 12.1. The zero-order chi connectivity index (χ0) is 65.6. The average Bonchev–Trinajstić information content (AvgIpc) is 3.50. The number of nitrogens with one attached hydrogen (secondary N) is 1. The van der Waals surface area contributed by atoms with Gasteiger partial charge in [0.1, 0.15) is 24.1 Å². The van der Waals surface area contributed by atoms with Crippen LogP contribution in [0.4, 0.5) is 17.1 Å². The number of aromatic hydroxyl groups is 1. The number of ether oxygens (including phenoxy) is 3. The summed E-state index contributed by atoms with van der Waals surface area (Å²) in [6.07, 6.45) is 0.163. The Bertz CT molecular complexity index is 3830. The summed E-state index contributed by atoms with van der Waals surface area (Å²) in [5.74, 6) is -4.22. The molecule has 15 N–H and O–H groups in total. The second-order valence-electron chi connectivity index (χ2n) is 18.7. The summed E-state index contributed by atoms with van der Waals surface area (Å²) in [6, 6.07) is 40.2. The van der Waals surface area contributed by atoms with E-state index in [2.05, 4.69) is 5.32 Å². The van der Waals surface area contributed by atoms with E-state index in [4.69, 9.17) is 60.3 Å². The Morgan fingerprint density at radius 2 is 1.02 bits per heavy atom. The Morgan fingerprint density at radius 3 is 1.58 bits per heavy atom. The molecule has 0 bridgehead atoms. The minimum atomic E-state index is -1.99. The topological polar surface area (TPSA) is 480 Å². The number of nitrogens with zero attached hydrogens (tertiary/aromatic N) is 2. The molecule has 0 saturated heterocycles. The van der Waals surface area contributed by atoms with Gasteiger partial charge in [0.15, 0.2) is 0 Å². The summed E-state index contributed by atoms with van der Waals surface area (Å²) < 4.78 is 15.4. The summed E-state index contributed by atoms with van der Waals surface area (Å²) in [5.41, 5.74) is 5.76. The summed E-state index contributed by atoms with van der Waals surface area (Å²) in [6.45, 7) is 1.68. The molecule has 0 fully saturated rings. The number of nitro groups is 2. The average molecular weight is 1220 g/mol. The molecular weight excluding hydrogens is 1170 g/mol. The fourth-order valence-corrected chi connectivity index (χ4v) is 7.88. The van der Waals surface area contributed by atoms with Gasteiger partial charge >= 0.3 is 59.5 Å². The Morgan fingerprint density at radius 1 is 0.517 bits per heavy atom. The molecule has 0 aromatic heterocycles. The molecule has 33 heteroatoms. The molecule has 8 aromatic rings. The van der Waals surface area contributed by atoms with Crippen LogP contribution in [0, 0.1) is 20.2 Å². The van der Waals surface area contributed by atoms with Gasteiger partial charge < -0.3 is 85.7 Å². The first-order valence-corrected chi connectivity index (χ1v) is 26.0. The number of aromatic carboxylic acids is 1. The Labute approximate surface area is 505 Å². The number of nitrogens with two attached hydrogens (primary N) is 1. The SMILES string of the molecule is CCOC(=O)[C@H](Cc1ccccc1)NC(=O)c1cc(B(O)O)cc([N+](=O)[O-])c1.Nc1cc(B(O)O)cc(C(=O)OCc2cccc(B(O)O)c2)c1.O=C(O)c1cc(O)cc(B(O)O)c1.O=C(Oc1ccc2ccccc2c1)c1cc(B(O)O)cc([N+](=O)[O-])c1. The summed E-state index contributed by atoms with van der Waals surface area (Å²) in [7, 11) is -9.06. The molecule has 0 radical (unpaired) electrons. The van der Waals surface area contributed by atoms with Crippen molar-refractivity contribution in [3.63, 3.8) is 0 Å². The lowest BCUT2D eigenvalue weighted by Crippen LogP contribution is -2.44. The van der Waals surface area contributed by atoms with Crippen molar-refractivity contribution in [2.24, 2.45) is 0 Å². The number of benzene rings is 8. The lowest BCUT2D eigenvalue weighted by atomic mass is 9.79. The van der Waals surface area contributed by atoms with Crippen molar-refractivity contribution in [1.29, 1.82) is 0 Å². The lowest BCUT2D eigenvalue weighted by Gasteiger charge is -2.18. The number of carbonyl (C=O) groups excluding carboxylic acids is 4. The maximum absolute atomic E-state index is 12.6. The van der Waals surface area contributed by atoms with E-state index in [9.17, 15) is 64.3 Å². The van der Waals surface area contributed by atoms with E-state index in [0.29, 0.717) is 5.56 Å². The molecule has 0 spiro atoms. The quantitative estimate of drug-likeness (QED) is 0.0110. The van der Waals surface area contributed by atoms with Crippen LogP contribution in [-0.4, -0.2) is 148 Å². The van der Waals surface area contributed by atoms with Crippen LogP contribution in [0.15, 0.2) is 170 Å². The van der Waals surface area contributed by atoms with E-state index < -0.39 is 92.6 Å². The van der Waals surface area contributed by atoms with Gasteiger partial charge in [-0.1, -0.05) is 84.9 Å². The maximum Gasteiger partial charge on any atom is 0.488 e. The largest absolute Gasteiger partial charge is 0.508 e. The van der Waals surface area contributed by atoms with Crippen LogP contribution in [0.25, 0.3) is 10.8 Å². The van der Waals surface area contributed by atoms with Gasteiger partial charge in [0.05, 0.1) is 33.1 Å². The Balaban J connectivity index is 0.000000222. The predicted molar refractivity (Wildman–Crippen MR) is 324 cm³/mol. The fraction of sp³-hybridized carbons (Fsp3) is 0.0893. The highest BCUT2D eigenvalue weighted by atomic mass is 16.6. The molecule has 1 atom stereocenters. The number of rotatable bonds is 19. The molecule has 0 saturated carbocycles. The van der Waals surface area contributed by atoms with Crippen LogP contribution < -0.4 is 43.1 Å². The summed E-state index contributed by atoms with van der Waals surface area (Å²) >= 11 is 0. The molecule has 0 aliphatic carbocycles. The van der Waals surface area contributed by atoms with Gasteiger partial charge in [-0.2, -0.15) is 0 Å². The number of nitrogen functional groups attached to an aromatic ring is 1. The van der Waals surface area contributed by atoms with E-state index in [-0.39, 0.29) is 86.4 Å². The second-order valence-corrected chi connectivity index (χ2v) is 18.7. The highest BCUT2D eigenvalue weighted by molar-refractivity contribution is 6.60. The molecule has 1 amide bonds. The number of carboxylic acids is 1. The lowest BCUT2D eigenvalue weighted by molar-refractivity contribution is -0.385. The van der Waals surface area contributed by atoms with Crippen molar-refractivity contribution in [2.75, 3.05) is 12.3 Å². The van der Waals surface area contributed by atoms with E-state index in [1.54, 1.807) is 61.5 Å². The first kappa shape index (κ1) is 69.5. The molecule has 0 unspecified atom stereocenters. The van der Waals surface area contributed by atoms with Gasteiger partial charge in [0.2, 0.25) is 0 Å². The molecule has 8 rings (SSSR count). The first-order valence-electron chi connectivity index (χ1n) is 26.0. The maximum atomic E-state index is 12.6.